The Morgan fingerprint density at radius 3 is 2.27 bits per heavy atom. The lowest BCUT2D eigenvalue weighted by atomic mass is 9.88. The molecule has 4 rings (SSSR count). The van der Waals surface area contributed by atoms with E-state index in [0.29, 0.717) is 0 Å². The topological polar surface area (TPSA) is 42.0 Å². The van der Waals surface area contributed by atoms with E-state index in [9.17, 15) is 4.79 Å². The van der Waals surface area contributed by atoms with Gasteiger partial charge >= 0.3 is 0 Å². The number of benzene rings is 3. The molecular formula is C29H32N2OSi. The molecule has 0 fully saturated rings. The highest BCUT2D eigenvalue weighted by Gasteiger charge is 2.33. The number of fused-ring (bicyclic) bond motifs is 1. The number of hydrogen-bond donors (Lipinski definition) is 1. The van der Waals surface area contributed by atoms with Crippen molar-refractivity contribution in [1.82, 2.24) is 4.98 Å². The molecule has 1 amide bonds. The van der Waals surface area contributed by atoms with Gasteiger partial charge in [-0.25, -0.2) is 0 Å². The van der Waals surface area contributed by atoms with Crippen LogP contribution in [0.5, 0.6) is 0 Å². The van der Waals surface area contributed by atoms with E-state index in [1.54, 1.807) is 6.20 Å². The predicted octanol–water partition coefficient (Wildman–Crippen LogP) is 6.28. The third-order valence-electron chi connectivity index (χ3n) is 6.68. The third-order valence-corrected chi connectivity index (χ3v) is 10.1. The normalized spacial score (nSPS) is 13.4. The Bertz CT molecular complexity index is 1200. The lowest BCUT2D eigenvalue weighted by Crippen LogP contribution is -2.45. The van der Waals surface area contributed by atoms with Gasteiger partial charge in [0.15, 0.2) is 0 Å². The maximum absolute atomic E-state index is 13.5. The molecule has 33 heavy (non-hydrogen) atoms. The Morgan fingerprint density at radius 2 is 1.55 bits per heavy atom. The van der Waals surface area contributed by atoms with Crippen molar-refractivity contribution in [2.75, 3.05) is 5.32 Å². The second-order valence-electron chi connectivity index (χ2n) is 9.56. The van der Waals surface area contributed by atoms with Crippen LogP contribution in [0.3, 0.4) is 0 Å². The van der Waals surface area contributed by atoms with Gasteiger partial charge < -0.3 is 5.32 Å². The summed E-state index contributed by atoms with van der Waals surface area (Å²) in [6.45, 7) is 6.91. The van der Waals surface area contributed by atoms with Gasteiger partial charge in [0, 0.05) is 17.5 Å². The number of anilines is 1. The van der Waals surface area contributed by atoms with Crippen LogP contribution >= 0.6 is 0 Å². The van der Waals surface area contributed by atoms with E-state index in [1.165, 1.54) is 10.8 Å². The van der Waals surface area contributed by atoms with Gasteiger partial charge in [-0.05, 0) is 36.1 Å². The summed E-state index contributed by atoms with van der Waals surface area (Å²) in [7, 11) is -1.73. The number of hydrogen-bond acceptors (Lipinski definition) is 2. The number of rotatable bonds is 8. The summed E-state index contributed by atoms with van der Waals surface area (Å²) < 4.78 is 0. The van der Waals surface area contributed by atoms with Crippen molar-refractivity contribution in [2.45, 2.75) is 32.5 Å². The lowest BCUT2D eigenvalue weighted by Gasteiger charge is -2.32. The Hall–Kier alpha value is -3.24. The molecule has 2 atom stereocenters. The van der Waals surface area contributed by atoms with Gasteiger partial charge in [-0.15, -0.1) is 0 Å². The SMILES string of the molecule is CC(C(=O)Nc1cccc2cccnc12)C(Cc1ccccc1)C[Si](C)(C)c1ccccc1. The van der Waals surface area contributed by atoms with E-state index >= 15 is 0 Å². The summed E-state index contributed by atoms with van der Waals surface area (Å²) in [5.74, 6) is 0.184. The molecule has 168 valence electrons. The summed E-state index contributed by atoms with van der Waals surface area (Å²) in [6.07, 6.45) is 2.67. The quantitative estimate of drug-likeness (QED) is 0.320. The van der Waals surface area contributed by atoms with Crippen molar-refractivity contribution in [3.8, 4) is 0 Å². The highest BCUT2D eigenvalue weighted by molar-refractivity contribution is 6.89. The summed E-state index contributed by atoms with van der Waals surface area (Å²) in [4.78, 5) is 18.0. The van der Waals surface area contributed by atoms with Gasteiger partial charge in [-0.1, -0.05) is 104 Å². The summed E-state index contributed by atoms with van der Waals surface area (Å²) in [5.41, 5.74) is 2.90. The van der Waals surface area contributed by atoms with Crippen LogP contribution in [-0.4, -0.2) is 19.0 Å². The highest BCUT2D eigenvalue weighted by atomic mass is 28.3. The van der Waals surface area contributed by atoms with Crippen LogP contribution in [0, 0.1) is 11.8 Å². The van der Waals surface area contributed by atoms with E-state index in [0.717, 1.165) is 29.1 Å². The second kappa shape index (κ2) is 10.1. The fraction of sp³-hybridized carbons (Fsp3) is 0.241. The number of aromatic nitrogens is 1. The van der Waals surface area contributed by atoms with E-state index < -0.39 is 8.07 Å². The van der Waals surface area contributed by atoms with Crippen LogP contribution in [-0.2, 0) is 11.2 Å². The Balaban J connectivity index is 1.59. The maximum Gasteiger partial charge on any atom is 0.227 e. The second-order valence-corrected chi connectivity index (χ2v) is 14.3. The molecule has 0 aliphatic rings. The van der Waals surface area contributed by atoms with Crippen LogP contribution in [0.15, 0.2) is 97.2 Å². The standard InChI is InChI=1S/C29H32N2OSi/c1-22(29(32)31-27-18-10-14-24-15-11-19-30-28(24)27)25(20-23-12-6-4-7-13-23)21-33(2,3)26-16-8-5-9-17-26/h4-19,22,25H,20-21H2,1-3H3,(H,31,32). The van der Waals surface area contributed by atoms with Crippen molar-refractivity contribution < 1.29 is 4.79 Å². The lowest BCUT2D eigenvalue weighted by molar-refractivity contribution is -0.120. The highest BCUT2D eigenvalue weighted by Crippen LogP contribution is 2.29. The number of carbonyl (C=O) groups is 1. The van der Waals surface area contributed by atoms with E-state index in [1.807, 2.05) is 36.4 Å². The van der Waals surface area contributed by atoms with Crippen LogP contribution < -0.4 is 10.5 Å². The van der Waals surface area contributed by atoms with Gasteiger partial charge in [0.2, 0.25) is 5.91 Å². The molecule has 0 saturated heterocycles. The van der Waals surface area contributed by atoms with Crippen LogP contribution in [0.4, 0.5) is 5.69 Å². The molecule has 0 spiro atoms. The van der Waals surface area contributed by atoms with Crippen molar-refractivity contribution in [3.63, 3.8) is 0 Å². The first-order chi connectivity index (χ1) is 15.9. The van der Waals surface area contributed by atoms with Gasteiger partial charge in [0.25, 0.3) is 0 Å². The van der Waals surface area contributed by atoms with Gasteiger partial charge in [-0.3, -0.25) is 9.78 Å². The molecule has 0 bridgehead atoms. The zero-order valence-electron chi connectivity index (χ0n) is 19.7. The number of pyridine rings is 1. The van der Waals surface area contributed by atoms with Crippen molar-refractivity contribution in [3.05, 3.63) is 103 Å². The average Bonchev–Trinajstić information content (AvgIpc) is 2.84. The number of amides is 1. The number of nitrogens with zero attached hydrogens (tertiary/aromatic N) is 1. The zero-order valence-corrected chi connectivity index (χ0v) is 20.7. The first-order valence-corrected chi connectivity index (χ1v) is 14.9. The van der Waals surface area contributed by atoms with E-state index in [2.05, 4.69) is 84.9 Å². The van der Waals surface area contributed by atoms with Crippen molar-refractivity contribution >= 4 is 35.8 Å². The number of para-hydroxylation sites is 1. The Labute approximate surface area is 197 Å². The molecule has 1 aromatic heterocycles. The molecule has 4 aromatic rings. The summed E-state index contributed by atoms with van der Waals surface area (Å²) in [6, 6.07) is 32.3. The molecule has 0 aliphatic carbocycles. The molecule has 0 aliphatic heterocycles. The minimum absolute atomic E-state index is 0.0620. The first-order valence-electron chi connectivity index (χ1n) is 11.7. The Morgan fingerprint density at radius 1 is 0.879 bits per heavy atom. The first kappa shape index (κ1) is 22.9. The third kappa shape index (κ3) is 5.58. The van der Waals surface area contributed by atoms with Gasteiger partial charge in [0.1, 0.15) is 0 Å². The van der Waals surface area contributed by atoms with Gasteiger partial charge in [-0.2, -0.15) is 0 Å². The van der Waals surface area contributed by atoms with E-state index in [-0.39, 0.29) is 17.7 Å². The molecule has 1 heterocycles. The fourth-order valence-electron chi connectivity index (χ4n) is 4.67. The zero-order chi connectivity index (χ0) is 23.3. The smallest absolute Gasteiger partial charge is 0.227 e. The predicted molar refractivity (Wildman–Crippen MR) is 142 cm³/mol. The van der Waals surface area contributed by atoms with E-state index in [4.69, 9.17) is 0 Å². The van der Waals surface area contributed by atoms with Crippen LogP contribution in [0.1, 0.15) is 12.5 Å². The molecule has 4 heteroatoms. The van der Waals surface area contributed by atoms with Crippen LogP contribution in [0.2, 0.25) is 19.1 Å². The Kier molecular flexibility index (Phi) is 7.04. The molecule has 0 saturated carbocycles. The maximum atomic E-state index is 13.5. The number of nitrogens with one attached hydrogen (secondary N) is 1. The molecule has 3 aromatic carbocycles. The van der Waals surface area contributed by atoms with Crippen LogP contribution in [0.25, 0.3) is 10.9 Å². The largest absolute Gasteiger partial charge is 0.324 e. The molecular weight excluding hydrogens is 420 g/mol. The molecule has 2 unspecified atom stereocenters. The minimum atomic E-state index is -1.73. The summed E-state index contributed by atoms with van der Waals surface area (Å²) in [5, 5.41) is 5.66. The fourth-order valence-corrected chi connectivity index (χ4v) is 7.81. The van der Waals surface area contributed by atoms with Crippen molar-refractivity contribution in [2.24, 2.45) is 11.8 Å². The van der Waals surface area contributed by atoms with Crippen molar-refractivity contribution in [1.29, 1.82) is 0 Å². The molecule has 0 radical (unpaired) electrons. The monoisotopic (exact) mass is 452 g/mol. The average molecular weight is 453 g/mol. The summed E-state index contributed by atoms with van der Waals surface area (Å²) >= 11 is 0. The minimum Gasteiger partial charge on any atom is -0.324 e. The molecule has 1 N–H and O–H groups in total. The number of carbonyl (C=O) groups excluding carboxylic acids is 1. The van der Waals surface area contributed by atoms with Gasteiger partial charge in [0.05, 0.1) is 19.3 Å². The molecule has 3 nitrogen and oxygen atoms in total.